The summed E-state index contributed by atoms with van der Waals surface area (Å²) in [6, 6.07) is 18.7. The number of guanidine groups is 1. The van der Waals surface area contributed by atoms with Crippen molar-refractivity contribution in [2.45, 2.75) is 33.1 Å². The van der Waals surface area contributed by atoms with Gasteiger partial charge < -0.3 is 15.4 Å². The zero-order valence-corrected chi connectivity index (χ0v) is 17.3. The molecule has 0 amide bonds. The number of benzene rings is 2. The van der Waals surface area contributed by atoms with Gasteiger partial charge >= 0.3 is 0 Å². The van der Waals surface area contributed by atoms with Crippen LogP contribution in [0, 0.1) is 0 Å². The van der Waals surface area contributed by atoms with Crippen LogP contribution in [0.1, 0.15) is 30.0 Å². The number of halogens is 1. The Morgan fingerprint density at radius 3 is 2.32 bits per heavy atom. The van der Waals surface area contributed by atoms with E-state index in [0.29, 0.717) is 13.2 Å². The molecule has 4 nitrogen and oxygen atoms in total. The van der Waals surface area contributed by atoms with E-state index in [4.69, 9.17) is 4.74 Å². The van der Waals surface area contributed by atoms with Gasteiger partial charge in [0.15, 0.2) is 5.96 Å². The van der Waals surface area contributed by atoms with Crippen LogP contribution >= 0.6 is 24.0 Å². The van der Waals surface area contributed by atoms with Crippen molar-refractivity contribution in [1.82, 2.24) is 10.6 Å². The van der Waals surface area contributed by atoms with Crippen LogP contribution in [0.25, 0.3) is 0 Å². The minimum Gasteiger partial charge on any atom is -0.372 e. The highest BCUT2D eigenvalue weighted by molar-refractivity contribution is 14.0. The number of hydrogen-bond acceptors (Lipinski definition) is 2. The molecule has 0 aliphatic carbocycles. The number of nitrogens with zero attached hydrogens (tertiary/aromatic N) is 1. The largest absolute Gasteiger partial charge is 0.372 e. The molecule has 2 aromatic rings. The molecular formula is C20H28IN3O. The standard InChI is InChI=1S/C20H27N3O.HI/c1-3-12-22-20(21-2)23-14-18-10-7-11-19(13-18)16-24-15-17-8-5-4-6-9-17;/h4-11,13H,3,12,14-16H2,1-2H3,(H2,21,22,23);1H. The van der Waals surface area contributed by atoms with E-state index in [1.54, 1.807) is 7.05 Å². The van der Waals surface area contributed by atoms with E-state index in [1.807, 2.05) is 18.2 Å². The predicted molar refractivity (Wildman–Crippen MR) is 115 cm³/mol. The summed E-state index contributed by atoms with van der Waals surface area (Å²) in [5.74, 6) is 0.836. The number of rotatable bonds is 8. The van der Waals surface area contributed by atoms with Gasteiger partial charge in [0.2, 0.25) is 0 Å². The average Bonchev–Trinajstić information content (AvgIpc) is 2.63. The lowest BCUT2D eigenvalue weighted by Crippen LogP contribution is -2.37. The fourth-order valence-electron chi connectivity index (χ4n) is 2.34. The van der Waals surface area contributed by atoms with Crippen LogP contribution in [-0.2, 0) is 24.5 Å². The Morgan fingerprint density at radius 1 is 0.920 bits per heavy atom. The van der Waals surface area contributed by atoms with Gasteiger partial charge in [-0.05, 0) is 23.1 Å². The molecule has 2 N–H and O–H groups in total. The van der Waals surface area contributed by atoms with Gasteiger partial charge in [0.25, 0.3) is 0 Å². The zero-order chi connectivity index (χ0) is 17.0. The first kappa shape index (κ1) is 21.4. The minimum atomic E-state index is 0. The molecule has 0 unspecified atom stereocenters. The van der Waals surface area contributed by atoms with Crippen molar-refractivity contribution in [2.24, 2.45) is 4.99 Å². The third kappa shape index (κ3) is 8.36. The summed E-state index contributed by atoms with van der Waals surface area (Å²) in [5, 5.41) is 6.60. The molecular weight excluding hydrogens is 425 g/mol. The van der Waals surface area contributed by atoms with Crippen molar-refractivity contribution in [3.63, 3.8) is 0 Å². The highest BCUT2D eigenvalue weighted by Gasteiger charge is 2.00. The molecule has 0 aliphatic heterocycles. The molecule has 0 bridgehead atoms. The average molecular weight is 453 g/mol. The van der Waals surface area contributed by atoms with Gasteiger partial charge in [-0.15, -0.1) is 24.0 Å². The molecule has 5 heteroatoms. The van der Waals surface area contributed by atoms with Crippen molar-refractivity contribution in [3.05, 3.63) is 71.3 Å². The fourth-order valence-corrected chi connectivity index (χ4v) is 2.34. The van der Waals surface area contributed by atoms with Crippen molar-refractivity contribution >= 4 is 29.9 Å². The quantitative estimate of drug-likeness (QED) is 0.360. The lowest BCUT2D eigenvalue weighted by molar-refractivity contribution is 0.107. The smallest absolute Gasteiger partial charge is 0.191 e. The molecule has 0 heterocycles. The monoisotopic (exact) mass is 453 g/mol. The van der Waals surface area contributed by atoms with Crippen molar-refractivity contribution in [1.29, 1.82) is 0 Å². The maximum atomic E-state index is 5.80. The summed E-state index contributed by atoms with van der Waals surface area (Å²) < 4.78 is 5.80. The van der Waals surface area contributed by atoms with Crippen LogP contribution in [0.2, 0.25) is 0 Å². The second-order valence-corrected chi connectivity index (χ2v) is 5.65. The summed E-state index contributed by atoms with van der Waals surface area (Å²) in [6.45, 7) is 5.06. The lowest BCUT2D eigenvalue weighted by Gasteiger charge is -2.12. The van der Waals surface area contributed by atoms with Crippen LogP contribution in [0.15, 0.2) is 59.6 Å². The molecule has 2 rings (SSSR count). The number of ether oxygens (including phenoxy) is 1. The highest BCUT2D eigenvalue weighted by atomic mass is 127. The maximum Gasteiger partial charge on any atom is 0.191 e. The van der Waals surface area contributed by atoms with E-state index >= 15 is 0 Å². The Bertz CT molecular complexity index is 632. The molecule has 2 aromatic carbocycles. The van der Waals surface area contributed by atoms with Gasteiger partial charge in [0, 0.05) is 20.1 Å². The minimum absolute atomic E-state index is 0. The van der Waals surface area contributed by atoms with E-state index < -0.39 is 0 Å². The van der Waals surface area contributed by atoms with Crippen LogP contribution in [0.3, 0.4) is 0 Å². The SMILES string of the molecule is CCCNC(=NC)NCc1cccc(COCc2ccccc2)c1.I. The van der Waals surface area contributed by atoms with Gasteiger partial charge in [-0.3, -0.25) is 4.99 Å². The number of hydrogen-bond donors (Lipinski definition) is 2. The van der Waals surface area contributed by atoms with E-state index in [0.717, 1.165) is 25.5 Å². The van der Waals surface area contributed by atoms with Crippen LogP contribution < -0.4 is 10.6 Å². The third-order valence-electron chi connectivity index (χ3n) is 3.60. The molecule has 0 saturated carbocycles. The van der Waals surface area contributed by atoms with Crippen molar-refractivity contribution in [3.8, 4) is 0 Å². The molecule has 0 aromatic heterocycles. The summed E-state index contributed by atoms with van der Waals surface area (Å²) in [4.78, 5) is 4.22. The Morgan fingerprint density at radius 2 is 1.60 bits per heavy atom. The number of nitrogens with one attached hydrogen (secondary N) is 2. The van der Waals surface area contributed by atoms with Gasteiger partial charge in [-0.25, -0.2) is 0 Å². The Balaban J connectivity index is 0.00000312. The lowest BCUT2D eigenvalue weighted by atomic mass is 10.1. The zero-order valence-electron chi connectivity index (χ0n) is 15.0. The molecule has 0 fully saturated rings. The first-order valence-electron chi connectivity index (χ1n) is 8.46. The summed E-state index contributed by atoms with van der Waals surface area (Å²) in [5.41, 5.74) is 3.60. The van der Waals surface area contributed by atoms with Crippen molar-refractivity contribution < 1.29 is 4.74 Å². The van der Waals surface area contributed by atoms with Gasteiger partial charge in [0.05, 0.1) is 13.2 Å². The Kier molecular flexibility index (Phi) is 10.9. The fraction of sp³-hybridized carbons (Fsp3) is 0.350. The molecule has 0 atom stereocenters. The topological polar surface area (TPSA) is 45.7 Å². The Labute approximate surface area is 168 Å². The molecule has 25 heavy (non-hydrogen) atoms. The molecule has 0 spiro atoms. The third-order valence-corrected chi connectivity index (χ3v) is 3.60. The second-order valence-electron chi connectivity index (χ2n) is 5.65. The number of aliphatic imine (C=N–C) groups is 1. The van der Waals surface area contributed by atoms with Gasteiger partial charge in [-0.2, -0.15) is 0 Å². The molecule has 0 radical (unpaired) electrons. The van der Waals surface area contributed by atoms with Crippen LogP contribution in [-0.4, -0.2) is 19.6 Å². The molecule has 0 aliphatic rings. The van der Waals surface area contributed by atoms with Gasteiger partial charge in [0.1, 0.15) is 0 Å². The normalized spacial score (nSPS) is 10.9. The summed E-state index contributed by atoms with van der Waals surface area (Å²) >= 11 is 0. The van der Waals surface area contributed by atoms with Crippen LogP contribution in [0.4, 0.5) is 0 Å². The first-order valence-corrected chi connectivity index (χ1v) is 8.46. The van der Waals surface area contributed by atoms with E-state index in [9.17, 15) is 0 Å². The van der Waals surface area contributed by atoms with E-state index in [2.05, 4.69) is 58.9 Å². The summed E-state index contributed by atoms with van der Waals surface area (Å²) in [6.07, 6.45) is 1.08. The predicted octanol–water partition coefficient (Wildman–Crippen LogP) is 4.10. The highest BCUT2D eigenvalue weighted by Crippen LogP contribution is 2.09. The van der Waals surface area contributed by atoms with E-state index in [1.165, 1.54) is 16.7 Å². The van der Waals surface area contributed by atoms with Crippen LogP contribution in [0.5, 0.6) is 0 Å². The molecule has 136 valence electrons. The second kappa shape index (κ2) is 12.7. The van der Waals surface area contributed by atoms with Crippen molar-refractivity contribution in [2.75, 3.05) is 13.6 Å². The molecule has 0 saturated heterocycles. The maximum absolute atomic E-state index is 5.80. The Hall–Kier alpha value is -1.60. The summed E-state index contributed by atoms with van der Waals surface area (Å²) in [7, 11) is 1.79. The van der Waals surface area contributed by atoms with Gasteiger partial charge in [-0.1, -0.05) is 61.5 Å². The van der Waals surface area contributed by atoms with E-state index in [-0.39, 0.29) is 24.0 Å². The first-order chi connectivity index (χ1) is 11.8.